The van der Waals surface area contributed by atoms with E-state index >= 15 is 0 Å². The number of nitrogens with zero attached hydrogens (tertiary/aromatic N) is 1. The molecule has 1 aliphatic carbocycles. The lowest BCUT2D eigenvalue weighted by Gasteiger charge is -2.39. The summed E-state index contributed by atoms with van der Waals surface area (Å²) in [6.07, 6.45) is 1.18. The average molecular weight is 463 g/mol. The molecule has 0 bridgehead atoms. The van der Waals surface area contributed by atoms with Gasteiger partial charge in [0.25, 0.3) is 0 Å². The molecule has 0 aromatic heterocycles. The van der Waals surface area contributed by atoms with E-state index in [2.05, 4.69) is 25.2 Å². The molecule has 0 saturated carbocycles. The van der Waals surface area contributed by atoms with Gasteiger partial charge in [-0.3, -0.25) is 4.79 Å². The number of para-hydroxylation sites is 1. The molecule has 1 aliphatic heterocycles. The molecule has 5 nitrogen and oxygen atoms in total. The zero-order chi connectivity index (χ0) is 23.8. The van der Waals surface area contributed by atoms with Gasteiger partial charge in [-0.15, -0.1) is 0 Å². The highest BCUT2D eigenvalue weighted by Gasteiger charge is 2.42. The molecule has 0 amide bonds. The van der Waals surface area contributed by atoms with E-state index in [1.165, 1.54) is 0 Å². The van der Waals surface area contributed by atoms with Gasteiger partial charge in [0.05, 0.1) is 24.7 Å². The molecule has 170 valence electrons. The van der Waals surface area contributed by atoms with Crippen LogP contribution < -0.4 is 14.8 Å². The smallest absolute Gasteiger partial charge is 0.165 e. The number of hydrogen-bond acceptors (Lipinski definition) is 5. The molecule has 0 saturated heterocycles. The standard InChI is InChI=1S/C27H27ClN2O3/c1-16-20(14-29)24(25-21(30-16)12-27(2,3)13-22(25)31)19-6-5-7-23(32-4)26(19)33-15-17-8-10-18(28)11-9-17/h5-11,24,30H,12-13,15H2,1-4H3/t24-/m0/s1. The van der Waals surface area contributed by atoms with E-state index in [0.717, 1.165) is 28.9 Å². The van der Waals surface area contributed by atoms with E-state index in [1.807, 2.05) is 49.4 Å². The van der Waals surface area contributed by atoms with Crippen molar-refractivity contribution < 1.29 is 14.3 Å². The second-order valence-corrected chi connectivity index (χ2v) is 9.77. The summed E-state index contributed by atoms with van der Waals surface area (Å²) in [7, 11) is 1.59. The number of hydrogen-bond donors (Lipinski definition) is 1. The molecule has 2 aliphatic rings. The van der Waals surface area contributed by atoms with Gasteiger partial charge in [-0.1, -0.05) is 49.7 Å². The molecule has 0 spiro atoms. The molecule has 0 fully saturated rings. The van der Waals surface area contributed by atoms with Crippen LogP contribution in [0.25, 0.3) is 0 Å². The predicted molar refractivity (Wildman–Crippen MR) is 128 cm³/mol. The number of dihydropyridines is 1. The maximum atomic E-state index is 13.4. The van der Waals surface area contributed by atoms with E-state index in [0.29, 0.717) is 40.7 Å². The van der Waals surface area contributed by atoms with Crippen LogP contribution >= 0.6 is 11.6 Å². The molecule has 2 aromatic carbocycles. The van der Waals surface area contributed by atoms with Crippen LogP contribution in [0.3, 0.4) is 0 Å². The molecule has 4 rings (SSSR count). The summed E-state index contributed by atoms with van der Waals surface area (Å²) in [4.78, 5) is 13.4. The quantitative estimate of drug-likeness (QED) is 0.585. The number of rotatable bonds is 5. The first-order valence-electron chi connectivity index (χ1n) is 10.9. The third kappa shape index (κ3) is 4.49. The molecule has 0 unspecified atom stereocenters. The fraction of sp³-hybridized carbons (Fsp3) is 0.333. The van der Waals surface area contributed by atoms with Crippen LogP contribution in [0.2, 0.25) is 5.02 Å². The number of halogens is 1. The van der Waals surface area contributed by atoms with Crippen molar-refractivity contribution >= 4 is 17.4 Å². The molecule has 33 heavy (non-hydrogen) atoms. The zero-order valence-electron chi connectivity index (χ0n) is 19.3. The lowest BCUT2D eigenvalue weighted by atomic mass is 9.68. The fourth-order valence-electron chi connectivity index (χ4n) is 4.71. The molecule has 1 atom stereocenters. The summed E-state index contributed by atoms with van der Waals surface area (Å²) in [5.74, 6) is 0.642. The Bertz CT molecular complexity index is 1200. The molecule has 0 radical (unpaired) electrons. The normalized spacial score (nSPS) is 19.5. The van der Waals surface area contributed by atoms with Crippen molar-refractivity contribution in [3.05, 3.63) is 81.2 Å². The first kappa shape index (κ1) is 22.9. The molecule has 6 heteroatoms. The lowest BCUT2D eigenvalue weighted by molar-refractivity contribution is -0.118. The fourth-order valence-corrected chi connectivity index (χ4v) is 4.83. The minimum absolute atomic E-state index is 0.0606. The second-order valence-electron chi connectivity index (χ2n) is 9.34. The van der Waals surface area contributed by atoms with Crippen molar-refractivity contribution in [1.29, 1.82) is 5.26 Å². The monoisotopic (exact) mass is 462 g/mol. The van der Waals surface area contributed by atoms with Gasteiger partial charge in [0.15, 0.2) is 17.3 Å². The zero-order valence-corrected chi connectivity index (χ0v) is 20.0. The lowest BCUT2D eigenvalue weighted by Crippen LogP contribution is -2.37. The number of allylic oxidation sites excluding steroid dienone is 4. The largest absolute Gasteiger partial charge is 0.493 e. The summed E-state index contributed by atoms with van der Waals surface area (Å²) in [5.41, 5.74) is 4.39. The summed E-state index contributed by atoms with van der Waals surface area (Å²) in [5, 5.41) is 14.1. The first-order valence-corrected chi connectivity index (χ1v) is 11.3. The maximum absolute atomic E-state index is 13.4. The van der Waals surface area contributed by atoms with Gasteiger partial charge < -0.3 is 14.8 Å². The molecule has 1 heterocycles. The van der Waals surface area contributed by atoms with Gasteiger partial charge in [0.1, 0.15) is 6.61 Å². The van der Waals surface area contributed by atoms with E-state index in [9.17, 15) is 10.1 Å². The third-order valence-corrected chi connectivity index (χ3v) is 6.45. The summed E-state index contributed by atoms with van der Waals surface area (Å²) in [6, 6.07) is 15.4. The third-order valence-electron chi connectivity index (χ3n) is 6.20. The molecule has 2 aromatic rings. The highest BCUT2D eigenvalue weighted by molar-refractivity contribution is 6.30. The Labute approximate surface area is 199 Å². The van der Waals surface area contributed by atoms with Crippen LogP contribution in [0.1, 0.15) is 50.7 Å². The Morgan fingerprint density at radius 1 is 1.18 bits per heavy atom. The summed E-state index contributed by atoms with van der Waals surface area (Å²) >= 11 is 6.01. The topological polar surface area (TPSA) is 71.3 Å². The Hall–Kier alpha value is -3.23. The number of carbonyl (C=O) groups is 1. The second kappa shape index (κ2) is 8.96. The maximum Gasteiger partial charge on any atom is 0.165 e. The van der Waals surface area contributed by atoms with Gasteiger partial charge in [-0.2, -0.15) is 5.26 Å². The van der Waals surface area contributed by atoms with Crippen molar-refractivity contribution in [2.75, 3.05) is 7.11 Å². The summed E-state index contributed by atoms with van der Waals surface area (Å²) in [6.45, 7) is 6.37. The Balaban J connectivity index is 1.82. The Morgan fingerprint density at radius 3 is 2.58 bits per heavy atom. The number of Topliss-reactive ketones (excluding diaryl/α,β-unsaturated/α-hetero) is 1. The number of ketones is 1. The van der Waals surface area contributed by atoms with E-state index in [1.54, 1.807) is 7.11 Å². The number of ether oxygens (including phenoxy) is 2. The molecular formula is C27H27ClN2O3. The van der Waals surface area contributed by atoms with Crippen LogP contribution in [0.5, 0.6) is 11.5 Å². The minimum atomic E-state index is -0.509. The first-order chi connectivity index (χ1) is 15.7. The van der Waals surface area contributed by atoms with Gasteiger partial charge in [-0.05, 0) is 42.5 Å². The predicted octanol–water partition coefficient (Wildman–Crippen LogP) is 6.06. The Morgan fingerprint density at radius 2 is 1.91 bits per heavy atom. The van der Waals surface area contributed by atoms with Crippen LogP contribution in [0, 0.1) is 16.7 Å². The summed E-state index contributed by atoms with van der Waals surface area (Å²) < 4.78 is 11.9. The van der Waals surface area contributed by atoms with Crippen LogP contribution in [0.4, 0.5) is 0 Å². The van der Waals surface area contributed by atoms with Crippen LogP contribution in [0.15, 0.2) is 65.0 Å². The van der Waals surface area contributed by atoms with E-state index < -0.39 is 5.92 Å². The van der Waals surface area contributed by atoms with Crippen molar-refractivity contribution in [2.45, 2.75) is 46.1 Å². The van der Waals surface area contributed by atoms with Gasteiger partial charge >= 0.3 is 0 Å². The highest BCUT2D eigenvalue weighted by Crippen LogP contribution is 2.49. The number of carbonyl (C=O) groups excluding carboxylic acids is 1. The highest BCUT2D eigenvalue weighted by atomic mass is 35.5. The van der Waals surface area contributed by atoms with Gasteiger partial charge in [-0.25, -0.2) is 0 Å². The number of nitriles is 1. The van der Waals surface area contributed by atoms with E-state index in [-0.39, 0.29) is 11.2 Å². The average Bonchev–Trinajstić information content (AvgIpc) is 2.76. The van der Waals surface area contributed by atoms with Gasteiger partial charge in [0.2, 0.25) is 0 Å². The minimum Gasteiger partial charge on any atom is -0.493 e. The van der Waals surface area contributed by atoms with Crippen LogP contribution in [-0.4, -0.2) is 12.9 Å². The van der Waals surface area contributed by atoms with E-state index in [4.69, 9.17) is 21.1 Å². The SMILES string of the molecule is COc1cccc([C@H]2C(C#N)=C(C)NC3=C2C(=O)CC(C)(C)C3)c1OCc1ccc(Cl)cc1. The van der Waals surface area contributed by atoms with Crippen molar-refractivity contribution in [3.63, 3.8) is 0 Å². The molecular weight excluding hydrogens is 436 g/mol. The van der Waals surface area contributed by atoms with Crippen molar-refractivity contribution in [1.82, 2.24) is 5.32 Å². The Kier molecular flexibility index (Phi) is 6.23. The number of benzene rings is 2. The van der Waals surface area contributed by atoms with Gasteiger partial charge in [0, 0.05) is 34.0 Å². The molecule has 1 N–H and O–H groups in total. The van der Waals surface area contributed by atoms with Crippen molar-refractivity contribution in [2.24, 2.45) is 5.41 Å². The van der Waals surface area contributed by atoms with Crippen LogP contribution in [-0.2, 0) is 11.4 Å². The van der Waals surface area contributed by atoms with Crippen molar-refractivity contribution in [3.8, 4) is 17.6 Å². The number of methoxy groups -OCH3 is 1. The number of nitrogens with one attached hydrogen (secondary N) is 1.